The highest BCUT2D eigenvalue weighted by Crippen LogP contribution is 2.25. The van der Waals surface area contributed by atoms with Crippen molar-refractivity contribution in [3.63, 3.8) is 0 Å². The summed E-state index contributed by atoms with van der Waals surface area (Å²) in [4.78, 5) is 24.4. The molecule has 1 aromatic heterocycles. The van der Waals surface area contributed by atoms with Crippen LogP contribution < -0.4 is 15.5 Å². The van der Waals surface area contributed by atoms with E-state index in [0.29, 0.717) is 33.7 Å². The monoisotopic (exact) mass is 396 g/mol. The summed E-state index contributed by atoms with van der Waals surface area (Å²) in [5.41, 5.74) is 1.44. The maximum absolute atomic E-state index is 12.5. The smallest absolute Gasteiger partial charge is 0.246 e. The summed E-state index contributed by atoms with van der Waals surface area (Å²) in [6.07, 6.45) is 1.21. The van der Waals surface area contributed by atoms with Crippen molar-refractivity contribution in [2.45, 2.75) is 6.54 Å². The Balaban J connectivity index is 1.45. The van der Waals surface area contributed by atoms with E-state index in [0.717, 1.165) is 0 Å². The van der Waals surface area contributed by atoms with Gasteiger partial charge in [0.1, 0.15) is 24.1 Å². The van der Waals surface area contributed by atoms with Crippen molar-refractivity contribution in [1.82, 2.24) is 9.78 Å². The van der Waals surface area contributed by atoms with Crippen LogP contribution in [0.4, 0.5) is 5.69 Å². The van der Waals surface area contributed by atoms with Crippen molar-refractivity contribution in [2.75, 3.05) is 5.32 Å². The Morgan fingerprint density at radius 3 is 2.57 bits per heavy atom. The van der Waals surface area contributed by atoms with E-state index in [9.17, 15) is 9.59 Å². The molecule has 30 heavy (non-hydrogen) atoms. The second-order valence-electron chi connectivity index (χ2n) is 6.47. The lowest BCUT2D eigenvalue weighted by molar-refractivity contribution is -0.116. The van der Waals surface area contributed by atoms with Gasteiger partial charge in [0.15, 0.2) is 0 Å². The number of nitrogens with zero attached hydrogens (tertiary/aromatic N) is 3. The Bertz CT molecular complexity index is 1320. The number of nitrogens with one attached hydrogen (secondary N) is 1. The summed E-state index contributed by atoms with van der Waals surface area (Å²) < 4.78 is 7.22. The number of benzene rings is 3. The van der Waals surface area contributed by atoms with Gasteiger partial charge in [-0.25, -0.2) is 0 Å². The number of para-hydroxylation sites is 2. The fourth-order valence-electron chi connectivity index (χ4n) is 3.00. The zero-order valence-corrected chi connectivity index (χ0v) is 15.8. The van der Waals surface area contributed by atoms with E-state index in [4.69, 9.17) is 10.00 Å². The minimum absolute atomic E-state index is 0.0331. The Morgan fingerprint density at radius 2 is 1.77 bits per heavy atom. The maximum atomic E-state index is 12.5. The largest absolute Gasteiger partial charge is 0.456 e. The molecule has 0 saturated heterocycles. The summed E-state index contributed by atoms with van der Waals surface area (Å²) in [7, 11) is 0. The van der Waals surface area contributed by atoms with Gasteiger partial charge < -0.3 is 10.1 Å². The minimum Gasteiger partial charge on any atom is -0.456 e. The molecule has 1 heterocycles. The van der Waals surface area contributed by atoms with E-state index < -0.39 is 0 Å². The third-order valence-electron chi connectivity index (χ3n) is 4.43. The molecule has 0 aliphatic heterocycles. The zero-order chi connectivity index (χ0) is 20.9. The van der Waals surface area contributed by atoms with Gasteiger partial charge in [-0.15, -0.1) is 0 Å². The van der Waals surface area contributed by atoms with Crippen LogP contribution in [0.15, 0.2) is 83.8 Å². The third-order valence-corrected chi connectivity index (χ3v) is 4.43. The summed E-state index contributed by atoms with van der Waals surface area (Å²) in [5, 5.41) is 16.5. The Hall–Kier alpha value is -4.44. The third kappa shape index (κ3) is 4.03. The molecule has 0 fully saturated rings. The lowest BCUT2D eigenvalue weighted by Crippen LogP contribution is -2.22. The first kappa shape index (κ1) is 18.9. The Kier molecular flexibility index (Phi) is 5.22. The molecule has 0 unspecified atom stereocenters. The van der Waals surface area contributed by atoms with Crippen molar-refractivity contribution in [1.29, 1.82) is 5.26 Å². The first-order valence-electron chi connectivity index (χ1n) is 9.16. The molecule has 1 amide bonds. The highest BCUT2D eigenvalue weighted by molar-refractivity contribution is 5.91. The lowest BCUT2D eigenvalue weighted by Gasteiger charge is -2.11. The average Bonchev–Trinajstić information content (AvgIpc) is 2.77. The highest BCUT2D eigenvalue weighted by Gasteiger charge is 2.09. The van der Waals surface area contributed by atoms with Crippen LogP contribution in [-0.2, 0) is 11.3 Å². The van der Waals surface area contributed by atoms with Crippen molar-refractivity contribution < 1.29 is 9.53 Å². The number of rotatable bonds is 5. The van der Waals surface area contributed by atoms with Crippen molar-refractivity contribution in [3.05, 3.63) is 94.8 Å². The van der Waals surface area contributed by atoms with Gasteiger partial charge in [0.05, 0.1) is 17.3 Å². The van der Waals surface area contributed by atoms with Crippen LogP contribution in [0.3, 0.4) is 0 Å². The van der Waals surface area contributed by atoms with Crippen LogP contribution in [0.1, 0.15) is 5.56 Å². The van der Waals surface area contributed by atoms with Crippen LogP contribution in [-0.4, -0.2) is 15.7 Å². The summed E-state index contributed by atoms with van der Waals surface area (Å²) >= 11 is 0. The van der Waals surface area contributed by atoms with Gasteiger partial charge in [-0.2, -0.15) is 10.4 Å². The van der Waals surface area contributed by atoms with Gasteiger partial charge in [-0.1, -0.05) is 24.3 Å². The Morgan fingerprint density at radius 1 is 1.03 bits per heavy atom. The van der Waals surface area contributed by atoms with Crippen LogP contribution in [0.5, 0.6) is 11.5 Å². The van der Waals surface area contributed by atoms with E-state index in [1.165, 1.54) is 10.9 Å². The first-order valence-corrected chi connectivity index (χ1v) is 9.16. The molecule has 4 rings (SSSR count). The summed E-state index contributed by atoms with van der Waals surface area (Å²) in [6.45, 7) is -0.0331. The topological polar surface area (TPSA) is 97.0 Å². The number of nitriles is 1. The van der Waals surface area contributed by atoms with Gasteiger partial charge in [0, 0.05) is 11.1 Å². The number of carbonyl (C=O) groups excluding carboxylic acids is 1. The van der Waals surface area contributed by atoms with E-state index in [2.05, 4.69) is 16.5 Å². The van der Waals surface area contributed by atoms with Crippen molar-refractivity contribution >= 4 is 22.5 Å². The van der Waals surface area contributed by atoms with Crippen LogP contribution >= 0.6 is 0 Å². The molecule has 3 aromatic carbocycles. The SMILES string of the molecule is N#Cc1ccccc1Oc1ccc(NC(=O)Cn2ncc(=O)c3ccccc32)cc1. The molecule has 0 atom stereocenters. The molecule has 7 heteroatoms. The van der Waals surface area contributed by atoms with E-state index >= 15 is 0 Å². The predicted octanol–water partition coefficient (Wildman–Crippen LogP) is 3.70. The molecular formula is C23H16N4O3. The second kappa shape index (κ2) is 8.29. The number of hydrogen-bond donors (Lipinski definition) is 1. The summed E-state index contributed by atoms with van der Waals surface area (Å²) in [6, 6.07) is 22.9. The van der Waals surface area contributed by atoms with Gasteiger partial charge >= 0.3 is 0 Å². The quantitative estimate of drug-likeness (QED) is 0.555. The first-order chi connectivity index (χ1) is 14.6. The molecule has 0 saturated carbocycles. The molecule has 0 aliphatic rings. The van der Waals surface area contributed by atoms with Crippen LogP contribution in [0.25, 0.3) is 10.9 Å². The summed E-state index contributed by atoms with van der Waals surface area (Å²) in [5.74, 6) is 0.733. The number of fused-ring (bicyclic) bond motifs is 1. The van der Waals surface area contributed by atoms with Gasteiger partial charge in [0.2, 0.25) is 11.3 Å². The molecule has 0 aliphatic carbocycles. The number of carbonyl (C=O) groups is 1. The lowest BCUT2D eigenvalue weighted by atomic mass is 10.2. The molecule has 146 valence electrons. The molecule has 4 aromatic rings. The van der Waals surface area contributed by atoms with Crippen LogP contribution in [0, 0.1) is 11.3 Å². The standard InChI is InChI=1S/C23H16N4O3/c24-13-16-5-1-4-8-22(16)30-18-11-9-17(10-12-18)26-23(29)15-27-20-7-3-2-6-19(20)21(28)14-25-27/h1-12,14H,15H2,(H,26,29). The fourth-order valence-corrected chi connectivity index (χ4v) is 3.00. The van der Waals surface area contributed by atoms with E-state index in [1.54, 1.807) is 72.8 Å². The predicted molar refractivity (Wildman–Crippen MR) is 112 cm³/mol. The molecule has 7 nitrogen and oxygen atoms in total. The minimum atomic E-state index is -0.278. The average molecular weight is 396 g/mol. The molecular weight excluding hydrogens is 380 g/mol. The zero-order valence-electron chi connectivity index (χ0n) is 15.8. The number of amides is 1. The van der Waals surface area contributed by atoms with E-state index in [-0.39, 0.29) is 17.9 Å². The van der Waals surface area contributed by atoms with Gasteiger partial charge in [-0.05, 0) is 48.5 Å². The molecule has 0 spiro atoms. The Labute approximate surface area is 171 Å². The van der Waals surface area contributed by atoms with Crippen LogP contribution in [0.2, 0.25) is 0 Å². The van der Waals surface area contributed by atoms with Gasteiger partial charge in [-0.3, -0.25) is 14.3 Å². The number of hydrogen-bond acceptors (Lipinski definition) is 5. The number of ether oxygens (including phenoxy) is 1. The fraction of sp³-hybridized carbons (Fsp3) is 0.0435. The maximum Gasteiger partial charge on any atom is 0.246 e. The van der Waals surface area contributed by atoms with Crippen molar-refractivity contribution in [3.8, 4) is 17.6 Å². The number of anilines is 1. The number of aromatic nitrogens is 2. The second-order valence-corrected chi connectivity index (χ2v) is 6.47. The molecule has 0 bridgehead atoms. The van der Waals surface area contributed by atoms with Crippen molar-refractivity contribution in [2.24, 2.45) is 0 Å². The highest BCUT2D eigenvalue weighted by atomic mass is 16.5. The van der Waals surface area contributed by atoms with E-state index in [1.807, 2.05) is 0 Å². The normalized spacial score (nSPS) is 10.4. The molecule has 0 radical (unpaired) electrons. The van der Waals surface area contributed by atoms with Gasteiger partial charge in [0.25, 0.3) is 0 Å². The molecule has 1 N–H and O–H groups in total.